The molecular formula is C22H32N2. The van der Waals surface area contributed by atoms with E-state index in [0.29, 0.717) is 12.0 Å². The quantitative estimate of drug-likeness (QED) is 0.710. The van der Waals surface area contributed by atoms with Gasteiger partial charge in [0.15, 0.2) is 0 Å². The van der Waals surface area contributed by atoms with Gasteiger partial charge in [0.1, 0.15) is 0 Å². The lowest BCUT2D eigenvalue weighted by molar-refractivity contribution is 0.203. The minimum absolute atomic E-state index is 0.521. The zero-order valence-electron chi connectivity index (χ0n) is 15.6. The summed E-state index contributed by atoms with van der Waals surface area (Å²) in [4.78, 5) is 2.52. The van der Waals surface area contributed by atoms with Gasteiger partial charge in [0.2, 0.25) is 0 Å². The first-order chi connectivity index (χ1) is 11.5. The van der Waals surface area contributed by atoms with Crippen LogP contribution in [0.1, 0.15) is 44.4 Å². The lowest BCUT2D eigenvalue weighted by Gasteiger charge is -2.27. The van der Waals surface area contributed by atoms with Crippen molar-refractivity contribution >= 4 is 0 Å². The van der Waals surface area contributed by atoms with Crippen LogP contribution in [0, 0.1) is 5.92 Å². The smallest absolute Gasteiger partial charge is 0.0240 e. The van der Waals surface area contributed by atoms with Crippen molar-refractivity contribution in [2.45, 2.75) is 53.4 Å². The second kappa shape index (κ2) is 9.61. The highest BCUT2D eigenvalue weighted by molar-refractivity contribution is 5.24. The van der Waals surface area contributed by atoms with Gasteiger partial charge in [-0.2, -0.15) is 0 Å². The van der Waals surface area contributed by atoms with Gasteiger partial charge in [-0.3, -0.25) is 4.90 Å². The predicted molar refractivity (Wildman–Crippen MR) is 104 cm³/mol. The zero-order chi connectivity index (χ0) is 17.4. The van der Waals surface area contributed by atoms with Crippen molar-refractivity contribution in [3.05, 3.63) is 71.3 Å². The van der Waals surface area contributed by atoms with Gasteiger partial charge in [-0.15, -0.1) is 0 Å². The Morgan fingerprint density at radius 3 is 2.08 bits per heavy atom. The normalized spacial score (nSPS) is 11.6. The van der Waals surface area contributed by atoms with Gasteiger partial charge in [-0.1, -0.05) is 68.4 Å². The molecule has 0 heterocycles. The molecule has 0 atom stereocenters. The molecule has 0 aliphatic heterocycles. The number of benzene rings is 2. The summed E-state index contributed by atoms with van der Waals surface area (Å²) in [6, 6.07) is 20.2. The molecule has 0 fully saturated rings. The van der Waals surface area contributed by atoms with Crippen LogP contribution in [-0.2, 0) is 19.6 Å². The molecule has 0 amide bonds. The van der Waals surface area contributed by atoms with Crippen molar-refractivity contribution in [2.75, 3.05) is 6.54 Å². The molecule has 130 valence electrons. The first-order valence-corrected chi connectivity index (χ1v) is 9.11. The Morgan fingerprint density at radius 2 is 1.42 bits per heavy atom. The maximum absolute atomic E-state index is 3.53. The molecule has 0 aliphatic rings. The highest BCUT2D eigenvalue weighted by atomic mass is 15.1. The molecule has 24 heavy (non-hydrogen) atoms. The van der Waals surface area contributed by atoms with E-state index in [1.165, 1.54) is 16.7 Å². The lowest BCUT2D eigenvalue weighted by atomic mass is 10.1. The molecule has 0 aliphatic carbocycles. The average molecular weight is 325 g/mol. The molecule has 2 nitrogen and oxygen atoms in total. The van der Waals surface area contributed by atoms with Gasteiger partial charge < -0.3 is 5.32 Å². The van der Waals surface area contributed by atoms with E-state index in [-0.39, 0.29) is 0 Å². The van der Waals surface area contributed by atoms with Gasteiger partial charge in [-0.05, 0) is 43.0 Å². The van der Waals surface area contributed by atoms with Crippen molar-refractivity contribution in [2.24, 2.45) is 5.92 Å². The van der Waals surface area contributed by atoms with Crippen LogP contribution < -0.4 is 5.32 Å². The van der Waals surface area contributed by atoms with Crippen molar-refractivity contribution in [1.29, 1.82) is 0 Å². The Labute approximate surface area is 147 Å². The molecule has 0 spiro atoms. The molecule has 0 saturated carbocycles. The number of hydrogen-bond acceptors (Lipinski definition) is 2. The van der Waals surface area contributed by atoms with Crippen molar-refractivity contribution in [1.82, 2.24) is 10.2 Å². The second-order valence-electron chi connectivity index (χ2n) is 7.33. The van der Waals surface area contributed by atoms with E-state index in [2.05, 4.69) is 92.5 Å². The standard InChI is InChI=1S/C22H32N2/c1-18(2)14-23-15-21-11-8-12-22(13-21)17-24(19(3)4)16-20-9-6-5-7-10-20/h5-13,18-19,23H,14-17H2,1-4H3. The summed E-state index contributed by atoms with van der Waals surface area (Å²) in [5.41, 5.74) is 4.14. The number of nitrogens with zero attached hydrogens (tertiary/aromatic N) is 1. The molecule has 2 aromatic rings. The van der Waals surface area contributed by atoms with Crippen LogP contribution in [0.3, 0.4) is 0 Å². The second-order valence-corrected chi connectivity index (χ2v) is 7.33. The Hall–Kier alpha value is -1.64. The highest BCUT2D eigenvalue weighted by Gasteiger charge is 2.11. The fraction of sp³-hybridized carbons (Fsp3) is 0.455. The molecular weight excluding hydrogens is 292 g/mol. The summed E-state index contributed by atoms with van der Waals surface area (Å²) < 4.78 is 0. The monoisotopic (exact) mass is 324 g/mol. The Bertz CT molecular complexity index is 590. The van der Waals surface area contributed by atoms with E-state index in [9.17, 15) is 0 Å². The van der Waals surface area contributed by atoms with E-state index in [4.69, 9.17) is 0 Å². The third kappa shape index (κ3) is 6.46. The molecule has 2 aromatic carbocycles. The maximum atomic E-state index is 3.53. The predicted octanol–water partition coefficient (Wildman–Crippen LogP) is 4.84. The zero-order valence-corrected chi connectivity index (χ0v) is 15.6. The van der Waals surface area contributed by atoms with E-state index in [1.54, 1.807) is 0 Å². The Morgan fingerprint density at radius 1 is 0.792 bits per heavy atom. The first kappa shape index (κ1) is 18.7. The van der Waals surface area contributed by atoms with Crippen molar-refractivity contribution in [3.63, 3.8) is 0 Å². The highest BCUT2D eigenvalue weighted by Crippen LogP contribution is 2.14. The van der Waals surface area contributed by atoms with E-state index >= 15 is 0 Å². The van der Waals surface area contributed by atoms with E-state index in [0.717, 1.165) is 26.2 Å². The number of rotatable bonds is 9. The Kier molecular flexibility index (Phi) is 7.48. The molecule has 2 rings (SSSR count). The summed E-state index contributed by atoms with van der Waals surface area (Å²) in [5.74, 6) is 0.690. The summed E-state index contributed by atoms with van der Waals surface area (Å²) in [6.45, 7) is 13.0. The van der Waals surface area contributed by atoms with Crippen LogP contribution in [-0.4, -0.2) is 17.5 Å². The van der Waals surface area contributed by atoms with E-state index in [1.807, 2.05) is 0 Å². The molecule has 0 unspecified atom stereocenters. The fourth-order valence-electron chi connectivity index (χ4n) is 2.82. The fourth-order valence-corrected chi connectivity index (χ4v) is 2.82. The van der Waals surface area contributed by atoms with Crippen LogP contribution in [0.2, 0.25) is 0 Å². The molecule has 0 radical (unpaired) electrons. The van der Waals surface area contributed by atoms with Crippen LogP contribution in [0.5, 0.6) is 0 Å². The van der Waals surface area contributed by atoms with Crippen LogP contribution in [0.4, 0.5) is 0 Å². The third-order valence-electron chi connectivity index (χ3n) is 4.22. The number of nitrogens with one attached hydrogen (secondary N) is 1. The topological polar surface area (TPSA) is 15.3 Å². The van der Waals surface area contributed by atoms with Gasteiger partial charge in [0.05, 0.1) is 0 Å². The molecule has 2 heteroatoms. The van der Waals surface area contributed by atoms with Crippen LogP contribution >= 0.6 is 0 Å². The molecule has 0 bridgehead atoms. The summed E-state index contributed by atoms with van der Waals surface area (Å²) >= 11 is 0. The van der Waals surface area contributed by atoms with Gasteiger partial charge in [0.25, 0.3) is 0 Å². The van der Waals surface area contributed by atoms with Crippen LogP contribution in [0.25, 0.3) is 0 Å². The molecule has 0 saturated heterocycles. The van der Waals surface area contributed by atoms with Gasteiger partial charge in [-0.25, -0.2) is 0 Å². The van der Waals surface area contributed by atoms with Crippen molar-refractivity contribution < 1.29 is 0 Å². The average Bonchev–Trinajstić information content (AvgIpc) is 2.55. The summed E-state index contributed by atoms with van der Waals surface area (Å²) in [7, 11) is 0. The van der Waals surface area contributed by atoms with E-state index < -0.39 is 0 Å². The number of hydrogen-bond donors (Lipinski definition) is 1. The minimum Gasteiger partial charge on any atom is -0.312 e. The summed E-state index contributed by atoms with van der Waals surface area (Å²) in [5, 5.41) is 3.53. The SMILES string of the molecule is CC(C)CNCc1cccc(CN(Cc2ccccc2)C(C)C)c1. The molecule has 1 N–H and O–H groups in total. The lowest BCUT2D eigenvalue weighted by Crippen LogP contribution is -2.29. The Balaban J connectivity index is 1.98. The van der Waals surface area contributed by atoms with Crippen LogP contribution in [0.15, 0.2) is 54.6 Å². The minimum atomic E-state index is 0.521. The van der Waals surface area contributed by atoms with Gasteiger partial charge >= 0.3 is 0 Å². The van der Waals surface area contributed by atoms with Gasteiger partial charge in [0, 0.05) is 25.7 Å². The third-order valence-corrected chi connectivity index (χ3v) is 4.22. The molecule has 0 aromatic heterocycles. The summed E-state index contributed by atoms with van der Waals surface area (Å²) in [6.07, 6.45) is 0. The maximum Gasteiger partial charge on any atom is 0.0240 e. The first-order valence-electron chi connectivity index (χ1n) is 9.11. The van der Waals surface area contributed by atoms with Crippen molar-refractivity contribution in [3.8, 4) is 0 Å². The largest absolute Gasteiger partial charge is 0.312 e.